The average molecular weight is 275 g/mol. The Bertz CT molecular complexity index is 609. The van der Waals surface area contributed by atoms with Crippen LogP contribution in [0.15, 0.2) is 18.2 Å². The molecule has 5 nitrogen and oxygen atoms in total. The molecule has 2 atom stereocenters. The molecular weight excluding hydrogens is 257 g/mol. The SMILES string of the molecule is CC1CCCCC1n1nnnc1-c1ccc(N)c(F)c1. The van der Waals surface area contributed by atoms with Crippen LogP contribution >= 0.6 is 0 Å². The van der Waals surface area contributed by atoms with E-state index < -0.39 is 5.82 Å². The highest BCUT2D eigenvalue weighted by Gasteiger charge is 2.26. The van der Waals surface area contributed by atoms with E-state index in [-0.39, 0.29) is 11.7 Å². The summed E-state index contributed by atoms with van der Waals surface area (Å²) >= 11 is 0. The Labute approximate surface area is 117 Å². The van der Waals surface area contributed by atoms with Crippen LogP contribution in [-0.2, 0) is 0 Å². The summed E-state index contributed by atoms with van der Waals surface area (Å²) in [6.45, 7) is 2.22. The van der Waals surface area contributed by atoms with Crippen molar-refractivity contribution in [2.45, 2.75) is 38.6 Å². The van der Waals surface area contributed by atoms with Crippen molar-refractivity contribution in [3.63, 3.8) is 0 Å². The van der Waals surface area contributed by atoms with E-state index in [0.717, 1.165) is 6.42 Å². The number of aromatic nitrogens is 4. The monoisotopic (exact) mass is 275 g/mol. The maximum absolute atomic E-state index is 13.6. The molecule has 3 rings (SSSR count). The smallest absolute Gasteiger partial charge is 0.182 e. The number of tetrazole rings is 1. The summed E-state index contributed by atoms with van der Waals surface area (Å²) in [5.74, 6) is 0.709. The van der Waals surface area contributed by atoms with Crippen molar-refractivity contribution in [2.24, 2.45) is 5.92 Å². The summed E-state index contributed by atoms with van der Waals surface area (Å²) in [5, 5.41) is 12.0. The van der Waals surface area contributed by atoms with Gasteiger partial charge in [-0.15, -0.1) is 5.10 Å². The molecule has 1 aromatic carbocycles. The third kappa shape index (κ3) is 2.26. The fourth-order valence-corrected chi connectivity index (χ4v) is 2.93. The maximum Gasteiger partial charge on any atom is 0.182 e. The summed E-state index contributed by atoms with van der Waals surface area (Å²) in [5.41, 5.74) is 6.32. The Kier molecular flexibility index (Phi) is 3.38. The summed E-state index contributed by atoms with van der Waals surface area (Å²) < 4.78 is 15.5. The molecule has 0 aliphatic heterocycles. The molecule has 0 spiro atoms. The number of benzene rings is 1. The van der Waals surface area contributed by atoms with Gasteiger partial charge in [-0.2, -0.15) is 0 Å². The van der Waals surface area contributed by atoms with Crippen molar-refractivity contribution >= 4 is 5.69 Å². The zero-order valence-corrected chi connectivity index (χ0v) is 11.5. The third-order valence-corrected chi connectivity index (χ3v) is 4.13. The van der Waals surface area contributed by atoms with Crippen LogP contribution in [0.25, 0.3) is 11.4 Å². The lowest BCUT2D eigenvalue weighted by Crippen LogP contribution is -2.23. The molecule has 1 aliphatic rings. The molecule has 0 bridgehead atoms. The van der Waals surface area contributed by atoms with Crippen molar-refractivity contribution in [3.8, 4) is 11.4 Å². The van der Waals surface area contributed by atoms with Crippen LogP contribution in [0.3, 0.4) is 0 Å². The predicted octanol–water partition coefficient (Wildman–Crippen LogP) is 2.81. The first-order valence-electron chi connectivity index (χ1n) is 7.00. The number of nitrogens with two attached hydrogens (primary N) is 1. The van der Waals surface area contributed by atoms with Crippen molar-refractivity contribution in [1.82, 2.24) is 20.2 Å². The number of rotatable bonds is 2. The van der Waals surface area contributed by atoms with E-state index in [9.17, 15) is 4.39 Å². The lowest BCUT2D eigenvalue weighted by atomic mass is 9.86. The fraction of sp³-hybridized carbons (Fsp3) is 0.500. The summed E-state index contributed by atoms with van der Waals surface area (Å²) in [6.07, 6.45) is 4.69. The number of hydrogen-bond donors (Lipinski definition) is 1. The van der Waals surface area contributed by atoms with Crippen molar-refractivity contribution in [1.29, 1.82) is 0 Å². The minimum atomic E-state index is -0.436. The fourth-order valence-electron chi connectivity index (χ4n) is 2.93. The van der Waals surface area contributed by atoms with Gasteiger partial charge in [-0.1, -0.05) is 19.8 Å². The van der Waals surface area contributed by atoms with E-state index in [1.807, 2.05) is 4.68 Å². The van der Waals surface area contributed by atoms with Crippen LogP contribution in [-0.4, -0.2) is 20.2 Å². The van der Waals surface area contributed by atoms with E-state index >= 15 is 0 Å². The van der Waals surface area contributed by atoms with Gasteiger partial charge in [-0.3, -0.25) is 0 Å². The standard InChI is InChI=1S/C14H18FN5/c1-9-4-2-3-5-13(9)20-14(17-18-19-20)10-6-7-12(16)11(15)8-10/h6-9,13H,2-5,16H2,1H3. The molecule has 1 saturated carbocycles. The van der Waals surface area contributed by atoms with Crippen LogP contribution in [0.4, 0.5) is 10.1 Å². The number of halogens is 1. The van der Waals surface area contributed by atoms with Gasteiger partial charge in [0.25, 0.3) is 0 Å². The summed E-state index contributed by atoms with van der Waals surface area (Å²) in [4.78, 5) is 0. The van der Waals surface area contributed by atoms with Gasteiger partial charge in [0.15, 0.2) is 5.82 Å². The first kappa shape index (κ1) is 13.0. The largest absolute Gasteiger partial charge is 0.396 e. The van der Waals surface area contributed by atoms with E-state index in [0.29, 0.717) is 17.3 Å². The van der Waals surface area contributed by atoms with E-state index in [4.69, 9.17) is 5.73 Å². The first-order valence-corrected chi connectivity index (χ1v) is 7.00. The van der Waals surface area contributed by atoms with Gasteiger partial charge in [0, 0.05) is 5.56 Å². The molecular formula is C14H18FN5. The minimum absolute atomic E-state index is 0.138. The Morgan fingerprint density at radius 2 is 2.10 bits per heavy atom. The van der Waals surface area contributed by atoms with Crippen molar-refractivity contribution in [3.05, 3.63) is 24.0 Å². The lowest BCUT2D eigenvalue weighted by Gasteiger charge is -2.29. The van der Waals surface area contributed by atoms with Gasteiger partial charge in [-0.05, 0) is 47.4 Å². The molecule has 20 heavy (non-hydrogen) atoms. The molecule has 1 aromatic heterocycles. The number of hydrogen-bond acceptors (Lipinski definition) is 4. The Balaban J connectivity index is 1.98. The predicted molar refractivity (Wildman–Crippen MR) is 74.3 cm³/mol. The molecule has 2 unspecified atom stereocenters. The zero-order valence-electron chi connectivity index (χ0n) is 11.5. The first-order chi connectivity index (χ1) is 9.66. The molecule has 1 heterocycles. The quantitative estimate of drug-likeness (QED) is 0.856. The normalized spacial score (nSPS) is 22.9. The van der Waals surface area contributed by atoms with Crippen LogP contribution in [0.2, 0.25) is 0 Å². The third-order valence-electron chi connectivity index (χ3n) is 4.13. The molecule has 0 amide bonds. The molecule has 0 saturated heterocycles. The van der Waals surface area contributed by atoms with Crippen molar-refractivity contribution < 1.29 is 4.39 Å². The minimum Gasteiger partial charge on any atom is -0.396 e. The molecule has 106 valence electrons. The Hall–Kier alpha value is -1.98. The van der Waals surface area contributed by atoms with Gasteiger partial charge < -0.3 is 5.73 Å². The molecule has 6 heteroatoms. The highest BCUT2D eigenvalue weighted by atomic mass is 19.1. The highest BCUT2D eigenvalue weighted by Crippen LogP contribution is 2.35. The zero-order chi connectivity index (χ0) is 14.1. The number of nitrogens with zero attached hydrogens (tertiary/aromatic N) is 4. The Morgan fingerprint density at radius 3 is 2.85 bits per heavy atom. The molecule has 2 aromatic rings. The lowest BCUT2D eigenvalue weighted by molar-refractivity contribution is 0.239. The van der Waals surface area contributed by atoms with Gasteiger partial charge in [0.05, 0.1) is 11.7 Å². The molecule has 1 aliphatic carbocycles. The summed E-state index contributed by atoms with van der Waals surface area (Å²) in [6, 6.07) is 4.99. The topological polar surface area (TPSA) is 69.6 Å². The molecule has 2 N–H and O–H groups in total. The van der Waals surface area contributed by atoms with Crippen LogP contribution in [0, 0.1) is 11.7 Å². The molecule has 1 fully saturated rings. The molecule has 0 radical (unpaired) electrons. The van der Waals surface area contributed by atoms with Gasteiger partial charge in [-0.25, -0.2) is 9.07 Å². The number of anilines is 1. The van der Waals surface area contributed by atoms with Crippen LogP contribution in [0.1, 0.15) is 38.6 Å². The van der Waals surface area contributed by atoms with Gasteiger partial charge in [0.2, 0.25) is 0 Å². The van der Waals surface area contributed by atoms with Gasteiger partial charge in [0.1, 0.15) is 5.82 Å². The van der Waals surface area contributed by atoms with E-state index in [1.54, 1.807) is 12.1 Å². The summed E-state index contributed by atoms with van der Waals surface area (Å²) in [7, 11) is 0. The highest BCUT2D eigenvalue weighted by molar-refractivity contribution is 5.59. The van der Waals surface area contributed by atoms with Crippen LogP contribution in [0.5, 0.6) is 0 Å². The second-order valence-corrected chi connectivity index (χ2v) is 5.51. The van der Waals surface area contributed by atoms with Crippen molar-refractivity contribution in [2.75, 3.05) is 5.73 Å². The number of nitrogen functional groups attached to an aromatic ring is 1. The van der Waals surface area contributed by atoms with E-state index in [1.165, 1.54) is 25.3 Å². The second-order valence-electron chi connectivity index (χ2n) is 5.51. The van der Waals surface area contributed by atoms with Gasteiger partial charge >= 0.3 is 0 Å². The Morgan fingerprint density at radius 1 is 1.30 bits per heavy atom. The average Bonchev–Trinajstić information content (AvgIpc) is 2.91. The second kappa shape index (κ2) is 5.19. The maximum atomic E-state index is 13.6. The van der Waals surface area contributed by atoms with E-state index in [2.05, 4.69) is 22.4 Å². The van der Waals surface area contributed by atoms with Crippen LogP contribution < -0.4 is 5.73 Å².